The molecule has 0 bridgehead atoms. The van der Waals surface area contributed by atoms with Gasteiger partial charge < -0.3 is 9.64 Å². The maximum atomic E-state index is 13.4. The van der Waals surface area contributed by atoms with E-state index in [2.05, 4.69) is 15.3 Å². The van der Waals surface area contributed by atoms with Crippen molar-refractivity contribution in [2.45, 2.75) is 32.7 Å². The van der Waals surface area contributed by atoms with Crippen LogP contribution in [0.2, 0.25) is 0 Å². The number of esters is 1. The number of aromatic nitrogens is 4. The number of rotatable bonds is 6. The maximum absolute atomic E-state index is 13.4. The van der Waals surface area contributed by atoms with Gasteiger partial charge in [-0.2, -0.15) is 0 Å². The smallest absolute Gasteiger partial charge is 0.360 e. The van der Waals surface area contributed by atoms with Gasteiger partial charge in [-0.1, -0.05) is 18.2 Å². The SMILES string of the molecule is CCOC(=O)c1cn(Cc2ccc(N3CC4C(C3)C4(F)F)nc2CC)nn1. The molecule has 1 aliphatic heterocycles. The number of hydrogen-bond acceptors (Lipinski definition) is 6. The summed E-state index contributed by atoms with van der Waals surface area (Å²) in [4.78, 5) is 18.3. The van der Waals surface area contributed by atoms with Crippen LogP contribution in [0, 0.1) is 11.8 Å². The van der Waals surface area contributed by atoms with Gasteiger partial charge in [-0.25, -0.2) is 23.2 Å². The van der Waals surface area contributed by atoms with Crippen LogP contribution in [-0.4, -0.2) is 51.6 Å². The lowest BCUT2D eigenvalue weighted by atomic mass is 10.1. The van der Waals surface area contributed by atoms with E-state index in [0.717, 1.165) is 17.1 Å². The van der Waals surface area contributed by atoms with Crippen molar-refractivity contribution >= 4 is 11.8 Å². The number of halogens is 2. The Labute approximate surface area is 155 Å². The molecule has 7 nitrogen and oxygen atoms in total. The van der Waals surface area contributed by atoms with Crippen molar-refractivity contribution in [3.63, 3.8) is 0 Å². The molecule has 0 N–H and O–H groups in total. The van der Waals surface area contributed by atoms with Crippen molar-refractivity contribution in [1.82, 2.24) is 20.0 Å². The molecule has 0 amide bonds. The van der Waals surface area contributed by atoms with Crippen molar-refractivity contribution in [3.05, 3.63) is 35.3 Å². The molecule has 2 atom stereocenters. The summed E-state index contributed by atoms with van der Waals surface area (Å²) < 4.78 is 33.3. The lowest BCUT2D eigenvalue weighted by Gasteiger charge is -2.22. The summed E-state index contributed by atoms with van der Waals surface area (Å²) in [5, 5.41) is 7.80. The molecule has 9 heteroatoms. The average molecular weight is 377 g/mol. The quantitative estimate of drug-likeness (QED) is 0.719. The number of carbonyl (C=O) groups excluding carboxylic acids is 1. The number of hydrogen-bond donors (Lipinski definition) is 0. The highest BCUT2D eigenvalue weighted by molar-refractivity contribution is 5.86. The number of anilines is 1. The predicted octanol–water partition coefficient (Wildman–Crippen LogP) is 2.16. The van der Waals surface area contributed by atoms with E-state index in [9.17, 15) is 13.6 Å². The van der Waals surface area contributed by atoms with Gasteiger partial charge in [0.05, 0.1) is 31.2 Å². The van der Waals surface area contributed by atoms with Gasteiger partial charge in [-0.15, -0.1) is 5.10 Å². The monoisotopic (exact) mass is 377 g/mol. The Bertz CT molecular complexity index is 855. The van der Waals surface area contributed by atoms with E-state index in [1.165, 1.54) is 0 Å². The fourth-order valence-electron chi connectivity index (χ4n) is 3.69. The zero-order valence-corrected chi connectivity index (χ0v) is 15.2. The van der Waals surface area contributed by atoms with Gasteiger partial charge in [0, 0.05) is 18.8 Å². The molecule has 2 fully saturated rings. The third-order valence-electron chi connectivity index (χ3n) is 5.27. The third-order valence-corrected chi connectivity index (χ3v) is 5.27. The molecule has 1 saturated carbocycles. The van der Waals surface area contributed by atoms with Crippen LogP contribution in [0.1, 0.15) is 35.6 Å². The summed E-state index contributed by atoms with van der Waals surface area (Å²) in [5.41, 5.74) is 2.00. The largest absolute Gasteiger partial charge is 0.461 e. The van der Waals surface area contributed by atoms with Crippen molar-refractivity contribution < 1.29 is 18.3 Å². The number of pyridine rings is 1. The van der Waals surface area contributed by atoms with Crippen molar-refractivity contribution in [1.29, 1.82) is 0 Å². The summed E-state index contributed by atoms with van der Waals surface area (Å²) in [6, 6.07) is 3.80. The fraction of sp³-hybridized carbons (Fsp3) is 0.556. The van der Waals surface area contributed by atoms with Gasteiger partial charge in [0.15, 0.2) is 5.69 Å². The van der Waals surface area contributed by atoms with E-state index < -0.39 is 23.7 Å². The van der Waals surface area contributed by atoms with Crippen LogP contribution < -0.4 is 4.90 Å². The molecular formula is C18H21F2N5O2. The Morgan fingerprint density at radius 2 is 2.04 bits per heavy atom. The first-order valence-electron chi connectivity index (χ1n) is 9.12. The zero-order valence-electron chi connectivity index (χ0n) is 15.2. The molecule has 0 aromatic carbocycles. The first kappa shape index (κ1) is 17.8. The summed E-state index contributed by atoms with van der Waals surface area (Å²) in [6.07, 6.45) is 2.25. The highest BCUT2D eigenvalue weighted by atomic mass is 19.3. The summed E-state index contributed by atoms with van der Waals surface area (Å²) in [6.45, 7) is 5.15. The van der Waals surface area contributed by atoms with Gasteiger partial charge >= 0.3 is 5.97 Å². The zero-order chi connectivity index (χ0) is 19.2. The fourth-order valence-corrected chi connectivity index (χ4v) is 3.69. The number of carbonyl (C=O) groups is 1. The first-order chi connectivity index (χ1) is 12.9. The molecule has 0 radical (unpaired) electrons. The third kappa shape index (κ3) is 3.15. The van der Waals surface area contributed by atoms with Gasteiger partial charge in [0.2, 0.25) is 0 Å². The first-order valence-corrected chi connectivity index (χ1v) is 9.12. The number of piperidine rings is 1. The molecule has 4 rings (SSSR count). The van der Waals surface area contributed by atoms with E-state index in [1.54, 1.807) is 17.8 Å². The molecule has 2 aromatic rings. The lowest BCUT2D eigenvalue weighted by Crippen LogP contribution is -2.28. The van der Waals surface area contributed by atoms with E-state index >= 15 is 0 Å². The van der Waals surface area contributed by atoms with Crippen molar-refractivity contribution in [2.24, 2.45) is 11.8 Å². The van der Waals surface area contributed by atoms with Gasteiger partial charge in [-0.05, 0) is 25.0 Å². The van der Waals surface area contributed by atoms with Crippen LogP contribution in [0.3, 0.4) is 0 Å². The summed E-state index contributed by atoms with van der Waals surface area (Å²) in [5.74, 6) is -3.31. The Balaban J connectivity index is 1.47. The maximum Gasteiger partial charge on any atom is 0.360 e. The van der Waals surface area contributed by atoms with Crippen molar-refractivity contribution in [2.75, 3.05) is 24.6 Å². The standard InChI is InChI=1S/C18H21F2N5O2/c1-3-14-11(7-25-10-15(22-23-25)17(26)27-4-2)5-6-16(21-14)24-8-12-13(9-24)18(12,19)20/h5-6,10,12-13H,3-4,7-9H2,1-2H3. The van der Waals surface area contributed by atoms with E-state index in [-0.39, 0.29) is 12.3 Å². The Hall–Kier alpha value is -2.58. The highest BCUT2D eigenvalue weighted by Gasteiger charge is 2.71. The average Bonchev–Trinajstić information content (AvgIpc) is 3.11. The Kier molecular flexibility index (Phi) is 4.32. The van der Waals surface area contributed by atoms with E-state index in [1.807, 2.05) is 24.0 Å². The molecule has 3 heterocycles. The molecule has 1 saturated heterocycles. The summed E-state index contributed by atoms with van der Waals surface area (Å²) >= 11 is 0. The van der Waals surface area contributed by atoms with E-state index in [0.29, 0.717) is 26.1 Å². The lowest BCUT2D eigenvalue weighted by molar-refractivity contribution is 0.0519. The highest BCUT2D eigenvalue weighted by Crippen LogP contribution is 2.59. The van der Waals surface area contributed by atoms with Gasteiger partial charge in [0.1, 0.15) is 5.82 Å². The predicted molar refractivity (Wildman–Crippen MR) is 92.8 cm³/mol. The molecule has 2 unspecified atom stereocenters. The van der Waals surface area contributed by atoms with Crippen LogP contribution in [0.4, 0.5) is 14.6 Å². The Morgan fingerprint density at radius 3 is 2.70 bits per heavy atom. The molecule has 2 aliphatic rings. The van der Waals surface area contributed by atoms with Gasteiger partial charge in [0.25, 0.3) is 5.92 Å². The topological polar surface area (TPSA) is 73.1 Å². The second kappa shape index (κ2) is 6.54. The van der Waals surface area contributed by atoms with Gasteiger partial charge in [-0.3, -0.25) is 0 Å². The van der Waals surface area contributed by atoms with E-state index in [4.69, 9.17) is 4.74 Å². The van der Waals surface area contributed by atoms with Crippen LogP contribution in [-0.2, 0) is 17.7 Å². The molecule has 27 heavy (non-hydrogen) atoms. The second-order valence-electron chi connectivity index (χ2n) is 6.94. The number of nitrogens with zero attached hydrogens (tertiary/aromatic N) is 5. The second-order valence-corrected chi connectivity index (χ2v) is 6.94. The molecule has 0 spiro atoms. The number of ether oxygens (including phenoxy) is 1. The number of alkyl halides is 2. The normalized spacial score (nSPS) is 22.6. The molecule has 2 aromatic heterocycles. The minimum atomic E-state index is -2.49. The summed E-state index contributed by atoms with van der Waals surface area (Å²) in [7, 11) is 0. The minimum Gasteiger partial charge on any atom is -0.461 e. The van der Waals surface area contributed by atoms with Crippen LogP contribution in [0.5, 0.6) is 0 Å². The van der Waals surface area contributed by atoms with Crippen LogP contribution in [0.15, 0.2) is 18.3 Å². The van der Waals surface area contributed by atoms with Crippen LogP contribution in [0.25, 0.3) is 0 Å². The number of aryl methyl sites for hydroxylation is 1. The number of fused-ring (bicyclic) bond motifs is 1. The van der Waals surface area contributed by atoms with Crippen LogP contribution >= 0.6 is 0 Å². The minimum absolute atomic E-state index is 0.164. The molecular weight excluding hydrogens is 356 g/mol. The Morgan fingerprint density at radius 1 is 1.30 bits per heavy atom. The molecule has 144 valence electrons. The van der Waals surface area contributed by atoms with Crippen molar-refractivity contribution in [3.8, 4) is 0 Å². The molecule has 1 aliphatic carbocycles.